The number of rotatable bonds is 4. The van der Waals surface area contributed by atoms with E-state index in [9.17, 15) is 5.11 Å². The van der Waals surface area contributed by atoms with Crippen molar-refractivity contribution in [2.45, 2.75) is 123 Å². The predicted molar refractivity (Wildman–Crippen MR) is 134 cm³/mol. The smallest absolute Gasteiger partial charge is 0.184 e. The molecule has 0 heterocycles. The molecule has 0 aliphatic heterocycles. The molecule has 4 aliphatic carbocycles. The van der Waals surface area contributed by atoms with Gasteiger partial charge in [0.25, 0.3) is 0 Å². The molecule has 3 saturated carbocycles. The van der Waals surface area contributed by atoms with E-state index in [1.807, 2.05) is 0 Å². The minimum absolute atomic E-state index is 0.214. The summed E-state index contributed by atoms with van der Waals surface area (Å²) < 4.78 is 13.3. The molecule has 0 aromatic carbocycles. The van der Waals surface area contributed by atoms with Crippen LogP contribution in [-0.2, 0) is 8.85 Å². The maximum absolute atomic E-state index is 11.9. The Balaban J connectivity index is 1.64. The highest BCUT2D eigenvalue weighted by Crippen LogP contribution is 2.67. The Hall–Kier alpha value is 0.0538. The van der Waals surface area contributed by atoms with Gasteiger partial charge in [-0.15, -0.1) is 0 Å². The van der Waals surface area contributed by atoms with Gasteiger partial charge in [-0.25, -0.2) is 0 Å². The lowest BCUT2D eigenvalue weighted by molar-refractivity contribution is -0.136. The summed E-state index contributed by atoms with van der Waals surface area (Å²) >= 11 is 0. The second kappa shape index (κ2) is 7.53. The van der Waals surface area contributed by atoms with Crippen molar-refractivity contribution >= 4 is 16.6 Å². The van der Waals surface area contributed by atoms with E-state index in [2.05, 4.69) is 66.1 Å². The van der Waals surface area contributed by atoms with Gasteiger partial charge in [-0.05, 0) is 120 Å². The van der Waals surface area contributed by atoms with Crippen molar-refractivity contribution in [2.75, 3.05) is 0 Å². The van der Waals surface area contributed by atoms with E-state index >= 15 is 0 Å². The summed E-state index contributed by atoms with van der Waals surface area (Å²) in [6, 6.07) is 0. The van der Waals surface area contributed by atoms with Crippen molar-refractivity contribution in [1.82, 2.24) is 0 Å². The van der Waals surface area contributed by atoms with Crippen LogP contribution in [0.5, 0.6) is 0 Å². The number of hydrogen-bond donors (Lipinski definition) is 1. The molecule has 0 saturated heterocycles. The minimum Gasteiger partial charge on any atom is -0.414 e. The molecule has 0 radical (unpaired) electrons. The molecule has 3 nitrogen and oxygen atoms in total. The van der Waals surface area contributed by atoms with Crippen LogP contribution in [0.3, 0.4) is 0 Å². The van der Waals surface area contributed by atoms with Gasteiger partial charge in [0.1, 0.15) is 0 Å². The average molecular weight is 465 g/mol. The molecule has 4 rings (SSSR count). The molecule has 178 valence electrons. The maximum Gasteiger partial charge on any atom is 0.184 e. The molecule has 1 N–H and O–H groups in total. The Labute approximate surface area is 193 Å². The van der Waals surface area contributed by atoms with Gasteiger partial charge in [-0.1, -0.05) is 25.5 Å². The lowest BCUT2D eigenvalue weighted by atomic mass is 9.45. The molecule has 0 unspecified atom stereocenters. The van der Waals surface area contributed by atoms with Gasteiger partial charge in [0.2, 0.25) is 0 Å². The third kappa shape index (κ3) is 4.31. The quantitative estimate of drug-likeness (QED) is 0.369. The first-order valence-electron chi connectivity index (χ1n) is 12.9. The average Bonchev–Trinajstić information content (AvgIpc) is 2.89. The molecule has 0 bridgehead atoms. The first kappa shape index (κ1) is 24.2. The zero-order valence-electron chi connectivity index (χ0n) is 21.7. The Morgan fingerprint density at radius 1 is 0.839 bits per heavy atom. The second-order valence-corrected chi connectivity index (χ2v) is 22.9. The van der Waals surface area contributed by atoms with Crippen molar-refractivity contribution in [1.29, 1.82) is 0 Å². The molecule has 0 aromatic heterocycles. The van der Waals surface area contributed by atoms with E-state index in [1.54, 1.807) is 0 Å². The van der Waals surface area contributed by atoms with Crippen LogP contribution >= 0.6 is 0 Å². The number of hydrogen-bond acceptors (Lipinski definition) is 3. The molecule has 0 amide bonds. The normalized spacial score (nSPS) is 47.9. The highest BCUT2D eigenvalue weighted by Gasteiger charge is 2.63. The fourth-order valence-corrected chi connectivity index (χ4v) is 10.6. The topological polar surface area (TPSA) is 38.7 Å². The number of aliphatic hydroxyl groups is 1. The van der Waals surface area contributed by atoms with Gasteiger partial charge in [-0.3, -0.25) is 0 Å². The summed E-state index contributed by atoms with van der Waals surface area (Å²) in [7, 11) is -3.13. The Kier molecular flexibility index (Phi) is 5.87. The summed E-state index contributed by atoms with van der Waals surface area (Å²) in [5, 5.41) is 11.9. The largest absolute Gasteiger partial charge is 0.414 e. The molecule has 5 heteroatoms. The highest BCUT2D eigenvalue weighted by atomic mass is 28.4. The van der Waals surface area contributed by atoms with Crippen molar-refractivity contribution in [3.63, 3.8) is 0 Å². The summed E-state index contributed by atoms with van der Waals surface area (Å²) in [4.78, 5) is 0. The molecule has 3 fully saturated rings. The van der Waals surface area contributed by atoms with Gasteiger partial charge in [-0.2, -0.15) is 0 Å². The number of fused-ring (bicyclic) bond motifs is 5. The Morgan fingerprint density at radius 2 is 1.48 bits per heavy atom. The van der Waals surface area contributed by atoms with E-state index in [0.29, 0.717) is 30.0 Å². The van der Waals surface area contributed by atoms with Crippen LogP contribution in [0.1, 0.15) is 65.7 Å². The molecule has 4 aliphatic rings. The van der Waals surface area contributed by atoms with Crippen LogP contribution in [0.4, 0.5) is 0 Å². The summed E-state index contributed by atoms with van der Waals surface area (Å²) in [6.45, 7) is 21.0. The lowest BCUT2D eigenvalue weighted by Gasteiger charge is -2.62. The van der Waals surface area contributed by atoms with Gasteiger partial charge < -0.3 is 14.0 Å². The fourth-order valence-electron chi connectivity index (χ4n) is 8.14. The van der Waals surface area contributed by atoms with Crippen molar-refractivity contribution in [2.24, 2.45) is 28.6 Å². The van der Waals surface area contributed by atoms with Crippen molar-refractivity contribution in [3.8, 4) is 0 Å². The zero-order chi connectivity index (χ0) is 23.0. The first-order valence-corrected chi connectivity index (χ1v) is 19.7. The fraction of sp³-hybridized carbons (Fsp3) is 0.923. The van der Waals surface area contributed by atoms with E-state index in [4.69, 9.17) is 8.85 Å². The van der Waals surface area contributed by atoms with Gasteiger partial charge in [0.05, 0.1) is 11.7 Å². The Morgan fingerprint density at radius 3 is 2.10 bits per heavy atom. The zero-order valence-corrected chi connectivity index (χ0v) is 23.7. The summed E-state index contributed by atoms with van der Waals surface area (Å²) in [5.41, 5.74) is 1.21. The second-order valence-electron chi connectivity index (χ2n) is 14.0. The summed E-state index contributed by atoms with van der Waals surface area (Å²) in [5.74, 6) is 1.50. The SMILES string of the molecule is C[C@]12CC[C@H]3[C@H]([C@@H]1CC[C@@H]2O[Si](C)(C)C)[C@@](C)(O)C=C1C[C@@H](O[Si](C)(C)C)CC[C@@]13C. The summed E-state index contributed by atoms with van der Waals surface area (Å²) in [6.07, 6.45) is 11.3. The first-order chi connectivity index (χ1) is 14.1. The highest BCUT2D eigenvalue weighted by molar-refractivity contribution is 6.70. The van der Waals surface area contributed by atoms with Crippen LogP contribution < -0.4 is 0 Å². The van der Waals surface area contributed by atoms with Gasteiger partial charge in [0, 0.05) is 6.10 Å². The van der Waals surface area contributed by atoms with E-state index in [0.717, 1.165) is 6.42 Å². The third-order valence-corrected chi connectivity index (χ3v) is 11.4. The molecule has 0 aromatic rings. The van der Waals surface area contributed by atoms with Crippen LogP contribution in [0.25, 0.3) is 0 Å². The minimum atomic E-state index is -1.58. The van der Waals surface area contributed by atoms with Crippen LogP contribution in [0.2, 0.25) is 39.3 Å². The van der Waals surface area contributed by atoms with E-state index in [-0.39, 0.29) is 10.8 Å². The van der Waals surface area contributed by atoms with Crippen molar-refractivity contribution < 1.29 is 14.0 Å². The molecule has 0 spiro atoms. The molecular formula is C26H48O3Si2. The van der Waals surface area contributed by atoms with Crippen LogP contribution in [0, 0.1) is 28.6 Å². The van der Waals surface area contributed by atoms with Gasteiger partial charge >= 0.3 is 0 Å². The predicted octanol–water partition coefficient (Wildman–Crippen LogP) is 6.75. The standard InChI is InChI=1S/C26H48O3Si2/c1-24-14-12-19(28-30(4,5)6)16-18(24)17-26(3,27)23-20-10-11-22(29-31(7,8)9)25(20,2)15-13-21(23)24/h17,19-23,27H,10-16H2,1-9H3/t19-,20-,21-,22-,23-,24-,25-,26-/m0/s1. The van der Waals surface area contributed by atoms with E-state index in [1.165, 1.54) is 44.1 Å². The van der Waals surface area contributed by atoms with E-state index < -0.39 is 22.2 Å². The lowest BCUT2D eigenvalue weighted by Crippen LogP contribution is -2.59. The Bertz CT molecular complexity index is 734. The molecule has 31 heavy (non-hydrogen) atoms. The monoisotopic (exact) mass is 464 g/mol. The van der Waals surface area contributed by atoms with Crippen molar-refractivity contribution in [3.05, 3.63) is 11.6 Å². The molecule has 8 atom stereocenters. The maximum atomic E-state index is 11.9. The van der Waals surface area contributed by atoms with Crippen LogP contribution in [0.15, 0.2) is 11.6 Å². The van der Waals surface area contributed by atoms with Crippen LogP contribution in [-0.4, -0.2) is 39.6 Å². The molecular weight excluding hydrogens is 416 g/mol. The van der Waals surface area contributed by atoms with Gasteiger partial charge in [0.15, 0.2) is 16.6 Å². The third-order valence-electron chi connectivity index (χ3n) is 9.33.